The fourth-order valence-corrected chi connectivity index (χ4v) is 2.33. The minimum absolute atomic E-state index is 0.00716. The Morgan fingerprint density at radius 1 is 1.14 bits per heavy atom. The molecule has 0 aliphatic heterocycles. The number of furan rings is 1. The summed E-state index contributed by atoms with van der Waals surface area (Å²) in [5, 5.41) is 15.8. The van der Waals surface area contributed by atoms with E-state index in [4.69, 9.17) is 9.15 Å². The van der Waals surface area contributed by atoms with Crippen molar-refractivity contribution >= 4 is 18.0 Å². The second-order valence-corrected chi connectivity index (χ2v) is 5.81. The smallest absolute Gasteiger partial charge is 0.430 e. The molecule has 0 spiro atoms. The predicted molar refractivity (Wildman–Crippen MR) is 103 cm³/mol. The van der Waals surface area contributed by atoms with Crippen molar-refractivity contribution in [2.24, 2.45) is 5.10 Å². The maximum absolute atomic E-state index is 12.0. The van der Waals surface area contributed by atoms with E-state index in [0.29, 0.717) is 17.1 Å². The summed E-state index contributed by atoms with van der Waals surface area (Å²) in [5.41, 5.74) is 1.58. The summed E-state index contributed by atoms with van der Waals surface area (Å²) in [4.78, 5) is 22.2. The Hall–Kier alpha value is -3.94. The Balaban J connectivity index is 1.58. The number of non-ortho nitro benzene ring substituents is 1. The first kappa shape index (κ1) is 18.8. The van der Waals surface area contributed by atoms with Gasteiger partial charge in [-0.15, -0.1) is 0 Å². The fourth-order valence-electron chi connectivity index (χ4n) is 2.33. The van der Waals surface area contributed by atoms with E-state index in [-0.39, 0.29) is 12.3 Å². The van der Waals surface area contributed by atoms with Gasteiger partial charge in [-0.05, 0) is 29.8 Å². The molecule has 1 amide bonds. The Kier molecular flexibility index (Phi) is 5.81. The molecule has 1 heterocycles. The Labute approximate surface area is 160 Å². The first-order valence-corrected chi connectivity index (χ1v) is 8.36. The lowest BCUT2D eigenvalue weighted by molar-refractivity contribution is -0.384. The number of hydrazone groups is 1. The molecule has 3 rings (SSSR count). The van der Waals surface area contributed by atoms with Crippen LogP contribution in [0.25, 0.3) is 11.3 Å². The Bertz CT molecular complexity index is 981. The van der Waals surface area contributed by atoms with Crippen LogP contribution in [0.15, 0.2) is 76.2 Å². The lowest BCUT2D eigenvalue weighted by Crippen LogP contribution is -2.22. The Morgan fingerprint density at radius 3 is 2.54 bits per heavy atom. The minimum Gasteiger partial charge on any atom is -0.455 e. The number of carbonyl (C=O) groups excluding carboxylic acids is 1. The number of hydrogen-bond acceptors (Lipinski definition) is 6. The largest absolute Gasteiger partial charge is 0.455 e. The van der Waals surface area contributed by atoms with Crippen LogP contribution in [0.5, 0.6) is 0 Å². The standard InChI is InChI=1S/C20H17N3O5/c1-22(20(24)27-14-15-5-3-2-4-6-15)21-13-18-11-12-19(28-18)16-7-9-17(10-8-16)23(25)26/h2-13H,14H2,1H3/b21-13-. The summed E-state index contributed by atoms with van der Waals surface area (Å²) in [6, 6.07) is 18.8. The van der Waals surface area contributed by atoms with Crippen molar-refractivity contribution in [3.05, 3.63) is 88.2 Å². The molecule has 28 heavy (non-hydrogen) atoms. The molecule has 0 aliphatic rings. The lowest BCUT2D eigenvalue weighted by atomic mass is 10.1. The molecule has 2 aromatic carbocycles. The zero-order valence-corrected chi connectivity index (χ0v) is 15.0. The first-order valence-electron chi connectivity index (χ1n) is 8.36. The van der Waals surface area contributed by atoms with Crippen molar-refractivity contribution in [3.63, 3.8) is 0 Å². The van der Waals surface area contributed by atoms with Gasteiger partial charge in [0.15, 0.2) is 0 Å². The van der Waals surface area contributed by atoms with Gasteiger partial charge in [-0.1, -0.05) is 30.3 Å². The van der Waals surface area contributed by atoms with Gasteiger partial charge in [0.2, 0.25) is 0 Å². The van der Waals surface area contributed by atoms with Crippen molar-refractivity contribution in [1.82, 2.24) is 5.01 Å². The number of nitro groups is 1. The number of hydrogen-bond donors (Lipinski definition) is 0. The average molecular weight is 379 g/mol. The zero-order valence-electron chi connectivity index (χ0n) is 15.0. The molecular formula is C20H17N3O5. The Morgan fingerprint density at radius 2 is 1.86 bits per heavy atom. The first-order chi connectivity index (χ1) is 13.5. The highest BCUT2D eigenvalue weighted by Gasteiger charge is 2.10. The van der Waals surface area contributed by atoms with E-state index in [2.05, 4.69) is 5.10 Å². The normalized spacial score (nSPS) is 10.8. The highest BCUT2D eigenvalue weighted by molar-refractivity contribution is 5.79. The highest BCUT2D eigenvalue weighted by Crippen LogP contribution is 2.24. The van der Waals surface area contributed by atoms with E-state index in [1.807, 2.05) is 30.3 Å². The van der Waals surface area contributed by atoms with Gasteiger partial charge in [-0.3, -0.25) is 10.1 Å². The average Bonchev–Trinajstić information content (AvgIpc) is 3.20. The van der Waals surface area contributed by atoms with Crippen molar-refractivity contribution in [2.75, 3.05) is 7.05 Å². The third-order valence-corrected chi connectivity index (χ3v) is 3.82. The quantitative estimate of drug-likeness (QED) is 0.358. The van der Waals surface area contributed by atoms with Crippen LogP contribution >= 0.6 is 0 Å². The highest BCUT2D eigenvalue weighted by atomic mass is 16.6. The molecule has 0 fully saturated rings. The number of ether oxygens (including phenoxy) is 1. The number of carbonyl (C=O) groups is 1. The summed E-state index contributed by atoms with van der Waals surface area (Å²) in [6.07, 6.45) is 0.792. The van der Waals surface area contributed by atoms with Crippen LogP contribution in [0.4, 0.5) is 10.5 Å². The molecule has 8 heteroatoms. The SMILES string of the molecule is CN(/N=C\c1ccc(-c2ccc([N+](=O)[O-])cc2)o1)C(=O)OCc1ccccc1. The van der Waals surface area contributed by atoms with E-state index < -0.39 is 11.0 Å². The molecular weight excluding hydrogens is 362 g/mol. The molecule has 0 atom stereocenters. The van der Waals surface area contributed by atoms with Crippen molar-refractivity contribution in [3.8, 4) is 11.3 Å². The van der Waals surface area contributed by atoms with Gasteiger partial charge in [0.05, 0.1) is 11.1 Å². The van der Waals surface area contributed by atoms with Gasteiger partial charge in [0, 0.05) is 24.7 Å². The van der Waals surface area contributed by atoms with Crippen molar-refractivity contribution < 1.29 is 18.9 Å². The van der Waals surface area contributed by atoms with E-state index in [1.54, 1.807) is 24.3 Å². The predicted octanol–water partition coefficient (Wildman–Crippen LogP) is 4.46. The maximum atomic E-state index is 12.0. The van der Waals surface area contributed by atoms with Gasteiger partial charge >= 0.3 is 6.09 Å². The summed E-state index contributed by atoms with van der Waals surface area (Å²) in [5.74, 6) is 0.960. The summed E-state index contributed by atoms with van der Waals surface area (Å²) >= 11 is 0. The molecule has 0 N–H and O–H groups in total. The lowest BCUT2D eigenvalue weighted by Gasteiger charge is -2.11. The number of amides is 1. The van der Waals surface area contributed by atoms with Crippen molar-refractivity contribution in [2.45, 2.75) is 6.61 Å². The van der Waals surface area contributed by atoms with Gasteiger partial charge < -0.3 is 9.15 Å². The monoisotopic (exact) mass is 379 g/mol. The van der Waals surface area contributed by atoms with Gasteiger partial charge in [-0.2, -0.15) is 5.10 Å². The number of nitro benzene ring substituents is 1. The van der Waals surface area contributed by atoms with Gasteiger partial charge in [0.1, 0.15) is 18.1 Å². The topological polar surface area (TPSA) is 98.2 Å². The molecule has 0 aliphatic carbocycles. The molecule has 0 saturated heterocycles. The second kappa shape index (κ2) is 8.63. The number of rotatable bonds is 6. The molecule has 1 aromatic heterocycles. The minimum atomic E-state index is -0.595. The summed E-state index contributed by atoms with van der Waals surface area (Å²) < 4.78 is 10.8. The van der Waals surface area contributed by atoms with Crippen LogP contribution in [-0.4, -0.2) is 29.3 Å². The van der Waals surface area contributed by atoms with Gasteiger partial charge in [0.25, 0.3) is 5.69 Å². The third kappa shape index (κ3) is 4.82. The molecule has 0 saturated carbocycles. The van der Waals surface area contributed by atoms with Crippen LogP contribution in [0.1, 0.15) is 11.3 Å². The molecule has 0 unspecified atom stereocenters. The van der Waals surface area contributed by atoms with Crippen LogP contribution < -0.4 is 0 Å². The number of nitrogens with zero attached hydrogens (tertiary/aromatic N) is 3. The summed E-state index contributed by atoms with van der Waals surface area (Å²) in [6.45, 7) is 0.157. The van der Waals surface area contributed by atoms with Crippen LogP contribution in [0.2, 0.25) is 0 Å². The van der Waals surface area contributed by atoms with Crippen LogP contribution in [-0.2, 0) is 11.3 Å². The molecule has 0 bridgehead atoms. The van der Waals surface area contributed by atoms with E-state index >= 15 is 0 Å². The molecule has 8 nitrogen and oxygen atoms in total. The van der Waals surface area contributed by atoms with E-state index in [0.717, 1.165) is 10.6 Å². The van der Waals surface area contributed by atoms with E-state index in [1.165, 1.54) is 25.4 Å². The maximum Gasteiger partial charge on any atom is 0.430 e. The molecule has 142 valence electrons. The van der Waals surface area contributed by atoms with Crippen molar-refractivity contribution in [1.29, 1.82) is 0 Å². The molecule has 0 radical (unpaired) electrons. The number of benzene rings is 2. The van der Waals surface area contributed by atoms with E-state index in [9.17, 15) is 14.9 Å². The van der Waals surface area contributed by atoms with Crippen LogP contribution in [0.3, 0.4) is 0 Å². The molecule has 3 aromatic rings. The zero-order chi connectivity index (χ0) is 19.9. The third-order valence-electron chi connectivity index (χ3n) is 3.82. The second-order valence-electron chi connectivity index (χ2n) is 5.81. The fraction of sp³-hybridized carbons (Fsp3) is 0.100. The van der Waals surface area contributed by atoms with Crippen LogP contribution in [0, 0.1) is 10.1 Å². The van der Waals surface area contributed by atoms with Gasteiger partial charge in [-0.25, -0.2) is 9.80 Å². The summed E-state index contributed by atoms with van der Waals surface area (Å²) in [7, 11) is 1.48.